The lowest BCUT2D eigenvalue weighted by Gasteiger charge is -2.10. The maximum absolute atomic E-state index is 12.3. The molecule has 2 N–H and O–H groups in total. The van der Waals surface area contributed by atoms with Gasteiger partial charge < -0.3 is 15.1 Å². The van der Waals surface area contributed by atoms with Gasteiger partial charge in [0.15, 0.2) is 0 Å². The Kier molecular flexibility index (Phi) is 4.19. The van der Waals surface area contributed by atoms with E-state index in [1.807, 2.05) is 32.0 Å². The Morgan fingerprint density at radius 2 is 1.91 bits per heavy atom. The number of benzene rings is 1. The predicted octanol–water partition coefficient (Wildman–Crippen LogP) is 2.79. The van der Waals surface area contributed by atoms with Crippen LogP contribution in [0, 0.1) is 25.7 Å². The van der Waals surface area contributed by atoms with Gasteiger partial charge in [-0.2, -0.15) is 0 Å². The van der Waals surface area contributed by atoms with Crippen LogP contribution in [-0.2, 0) is 16.1 Å². The standard InChI is InChI=1S/C18H20N2O3/c1-11-5-3-7-16(12(11)2)20-18(22)15-9-14(15)17(21)19-10-13-6-4-8-23-13/h3-8,14-15H,9-10H2,1-2H3,(H,19,21)(H,20,22). The number of furan rings is 1. The number of hydrogen-bond acceptors (Lipinski definition) is 3. The molecule has 23 heavy (non-hydrogen) atoms. The third-order valence-corrected chi connectivity index (χ3v) is 4.34. The third-order valence-electron chi connectivity index (χ3n) is 4.34. The molecule has 120 valence electrons. The Morgan fingerprint density at radius 1 is 1.13 bits per heavy atom. The summed E-state index contributed by atoms with van der Waals surface area (Å²) in [4.78, 5) is 24.3. The molecule has 1 aromatic heterocycles. The molecule has 5 nitrogen and oxygen atoms in total. The first-order valence-corrected chi connectivity index (χ1v) is 7.73. The summed E-state index contributed by atoms with van der Waals surface area (Å²) in [6.07, 6.45) is 2.17. The van der Waals surface area contributed by atoms with Crippen molar-refractivity contribution in [3.05, 3.63) is 53.5 Å². The number of anilines is 1. The number of carbonyl (C=O) groups is 2. The Morgan fingerprint density at radius 3 is 2.65 bits per heavy atom. The first-order valence-electron chi connectivity index (χ1n) is 7.73. The summed E-state index contributed by atoms with van der Waals surface area (Å²) in [6.45, 7) is 4.34. The maximum Gasteiger partial charge on any atom is 0.228 e. The summed E-state index contributed by atoms with van der Waals surface area (Å²) in [5, 5.41) is 5.73. The molecule has 1 fully saturated rings. The minimum Gasteiger partial charge on any atom is -0.467 e. The molecule has 1 aliphatic rings. The van der Waals surface area contributed by atoms with Gasteiger partial charge in [-0.15, -0.1) is 0 Å². The van der Waals surface area contributed by atoms with Crippen molar-refractivity contribution in [2.75, 3.05) is 5.32 Å². The Hall–Kier alpha value is -2.56. The van der Waals surface area contributed by atoms with Crippen molar-refractivity contribution in [1.82, 2.24) is 5.32 Å². The summed E-state index contributed by atoms with van der Waals surface area (Å²) in [7, 11) is 0. The van der Waals surface area contributed by atoms with Gasteiger partial charge in [-0.1, -0.05) is 12.1 Å². The fourth-order valence-electron chi connectivity index (χ4n) is 2.60. The molecule has 2 amide bonds. The third kappa shape index (κ3) is 3.44. The maximum atomic E-state index is 12.3. The SMILES string of the molecule is Cc1cccc(NC(=O)C2CC2C(=O)NCc2ccco2)c1C. The van der Waals surface area contributed by atoms with Crippen LogP contribution in [0.2, 0.25) is 0 Å². The molecule has 0 saturated heterocycles. The van der Waals surface area contributed by atoms with Crippen LogP contribution in [0.15, 0.2) is 41.0 Å². The monoisotopic (exact) mass is 312 g/mol. The second kappa shape index (κ2) is 6.28. The first-order chi connectivity index (χ1) is 11.1. The lowest BCUT2D eigenvalue weighted by Crippen LogP contribution is -2.27. The zero-order valence-electron chi connectivity index (χ0n) is 13.3. The summed E-state index contributed by atoms with van der Waals surface area (Å²) < 4.78 is 5.17. The zero-order valence-corrected chi connectivity index (χ0v) is 13.3. The van der Waals surface area contributed by atoms with Crippen molar-refractivity contribution < 1.29 is 14.0 Å². The van der Waals surface area contributed by atoms with Crippen molar-refractivity contribution in [1.29, 1.82) is 0 Å². The van der Waals surface area contributed by atoms with Gasteiger partial charge in [-0.25, -0.2) is 0 Å². The smallest absolute Gasteiger partial charge is 0.228 e. The number of aryl methyl sites for hydroxylation is 1. The van der Waals surface area contributed by atoms with Crippen molar-refractivity contribution in [2.24, 2.45) is 11.8 Å². The fraction of sp³-hybridized carbons (Fsp3) is 0.333. The highest BCUT2D eigenvalue weighted by Gasteiger charge is 2.48. The average molecular weight is 312 g/mol. The topological polar surface area (TPSA) is 71.3 Å². The van der Waals surface area contributed by atoms with E-state index in [9.17, 15) is 9.59 Å². The molecule has 0 aliphatic heterocycles. The summed E-state index contributed by atoms with van der Waals surface area (Å²) in [5.74, 6) is 0.0383. The van der Waals surface area contributed by atoms with Crippen molar-refractivity contribution in [2.45, 2.75) is 26.8 Å². The van der Waals surface area contributed by atoms with Crippen LogP contribution in [0.1, 0.15) is 23.3 Å². The summed E-state index contributed by atoms with van der Waals surface area (Å²) in [6, 6.07) is 9.39. The van der Waals surface area contributed by atoms with Crippen LogP contribution < -0.4 is 10.6 Å². The second-order valence-corrected chi connectivity index (χ2v) is 5.98. The lowest BCUT2D eigenvalue weighted by molar-refractivity contribution is -0.125. The van der Waals surface area contributed by atoms with E-state index in [4.69, 9.17) is 4.42 Å². The number of amides is 2. The highest BCUT2D eigenvalue weighted by atomic mass is 16.3. The number of rotatable bonds is 5. The average Bonchev–Trinajstić information content (AvgIpc) is 3.17. The molecule has 1 aliphatic carbocycles. The first kappa shape index (κ1) is 15.3. The van der Waals surface area contributed by atoms with Crippen LogP contribution >= 0.6 is 0 Å². The van der Waals surface area contributed by atoms with Crippen LogP contribution in [0.25, 0.3) is 0 Å². The normalized spacial score (nSPS) is 19.2. The van der Waals surface area contributed by atoms with E-state index < -0.39 is 0 Å². The minimum atomic E-state index is -0.244. The zero-order chi connectivity index (χ0) is 16.4. The van der Waals surface area contributed by atoms with E-state index in [1.165, 1.54) is 0 Å². The number of hydrogen-bond donors (Lipinski definition) is 2. The molecule has 3 rings (SSSR count). The molecule has 1 heterocycles. The lowest BCUT2D eigenvalue weighted by atomic mass is 10.1. The van der Waals surface area contributed by atoms with Gasteiger partial charge in [0.2, 0.25) is 11.8 Å². The van der Waals surface area contributed by atoms with Gasteiger partial charge in [0.1, 0.15) is 5.76 Å². The second-order valence-electron chi connectivity index (χ2n) is 5.98. The number of nitrogens with one attached hydrogen (secondary N) is 2. The molecule has 2 aromatic rings. The van der Waals surface area contributed by atoms with Crippen LogP contribution in [-0.4, -0.2) is 11.8 Å². The van der Waals surface area contributed by atoms with Crippen molar-refractivity contribution in [3.8, 4) is 0 Å². The molecule has 5 heteroatoms. The van der Waals surface area contributed by atoms with Gasteiger partial charge in [-0.3, -0.25) is 9.59 Å². The molecule has 0 radical (unpaired) electrons. The summed E-state index contributed by atoms with van der Waals surface area (Å²) >= 11 is 0. The quantitative estimate of drug-likeness (QED) is 0.892. The van der Waals surface area contributed by atoms with Gasteiger partial charge in [0, 0.05) is 5.69 Å². The minimum absolute atomic E-state index is 0.0863. The van der Waals surface area contributed by atoms with Crippen molar-refractivity contribution in [3.63, 3.8) is 0 Å². The molecule has 1 aromatic carbocycles. The fourth-order valence-corrected chi connectivity index (χ4v) is 2.60. The summed E-state index contributed by atoms with van der Waals surface area (Å²) in [5.41, 5.74) is 3.00. The highest BCUT2D eigenvalue weighted by Crippen LogP contribution is 2.39. The van der Waals surface area contributed by atoms with E-state index >= 15 is 0 Å². The molecular weight excluding hydrogens is 292 g/mol. The Labute approximate surface area is 135 Å². The Bertz CT molecular complexity index is 722. The highest BCUT2D eigenvalue weighted by molar-refractivity contribution is 5.99. The predicted molar refractivity (Wildman–Crippen MR) is 86.7 cm³/mol. The molecule has 2 atom stereocenters. The van der Waals surface area contributed by atoms with E-state index in [-0.39, 0.29) is 23.7 Å². The molecular formula is C18H20N2O3. The molecule has 0 bridgehead atoms. The van der Waals surface area contributed by atoms with E-state index in [1.54, 1.807) is 18.4 Å². The van der Waals surface area contributed by atoms with Gasteiger partial charge in [-0.05, 0) is 49.6 Å². The van der Waals surface area contributed by atoms with E-state index in [0.717, 1.165) is 16.8 Å². The van der Waals surface area contributed by atoms with Gasteiger partial charge >= 0.3 is 0 Å². The van der Waals surface area contributed by atoms with Crippen LogP contribution in [0.5, 0.6) is 0 Å². The van der Waals surface area contributed by atoms with Crippen molar-refractivity contribution >= 4 is 17.5 Å². The van der Waals surface area contributed by atoms with Gasteiger partial charge in [0.25, 0.3) is 0 Å². The largest absolute Gasteiger partial charge is 0.467 e. The van der Waals surface area contributed by atoms with E-state index in [2.05, 4.69) is 10.6 Å². The number of carbonyl (C=O) groups excluding carboxylic acids is 2. The molecule has 2 unspecified atom stereocenters. The van der Waals surface area contributed by atoms with E-state index in [0.29, 0.717) is 18.7 Å². The van der Waals surface area contributed by atoms with Gasteiger partial charge in [0.05, 0.1) is 24.6 Å². The molecule has 0 spiro atoms. The van der Waals surface area contributed by atoms with Crippen LogP contribution in [0.4, 0.5) is 5.69 Å². The van der Waals surface area contributed by atoms with Crippen LogP contribution in [0.3, 0.4) is 0 Å². The molecule has 1 saturated carbocycles. The Balaban J connectivity index is 1.52.